The third-order valence-corrected chi connectivity index (χ3v) is 7.23. The van der Waals surface area contributed by atoms with Crippen LogP contribution in [0.25, 0.3) is 15.9 Å². The third-order valence-electron chi connectivity index (χ3n) is 4.97. The van der Waals surface area contributed by atoms with Gasteiger partial charge in [-0.1, -0.05) is 11.8 Å². The summed E-state index contributed by atoms with van der Waals surface area (Å²) in [6.45, 7) is 1.72. The molecule has 2 heterocycles. The average Bonchev–Trinajstić information content (AvgIpc) is 3.06. The van der Waals surface area contributed by atoms with Crippen LogP contribution >= 0.6 is 23.1 Å². The highest BCUT2D eigenvalue weighted by atomic mass is 32.2. The number of benzene rings is 1. The first-order chi connectivity index (χ1) is 13.5. The van der Waals surface area contributed by atoms with Crippen LogP contribution in [-0.2, 0) is 17.6 Å². The van der Waals surface area contributed by atoms with Crippen molar-refractivity contribution in [3.05, 3.63) is 45.1 Å². The van der Waals surface area contributed by atoms with Crippen LogP contribution in [0.2, 0.25) is 0 Å². The fourth-order valence-corrected chi connectivity index (χ4v) is 5.62. The number of carbonyl (C=O) groups is 1. The van der Waals surface area contributed by atoms with Crippen molar-refractivity contribution < 1.29 is 9.53 Å². The number of nitrogens with zero attached hydrogens (tertiary/aromatic N) is 2. The number of carbonyl (C=O) groups excluding carboxylic acids is 1. The van der Waals surface area contributed by atoms with Gasteiger partial charge in [0.2, 0.25) is 5.91 Å². The first kappa shape index (κ1) is 19.0. The second-order valence-corrected chi connectivity index (χ2v) is 9.18. The zero-order valence-electron chi connectivity index (χ0n) is 15.7. The van der Waals surface area contributed by atoms with Gasteiger partial charge in [0.15, 0.2) is 5.16 Å². The van der Waals surface area contributed by atoms with E-state index in [0.29, 0.717) is 22.0 Å². The number of methoxy groups -OCH3 is 1. The van der Waals surface area contributed by atoms with Crippen molar-refractivity contribution in [2.45, 2.75) is 43.0 Å². The highest BCUT2D eigenvalue weighted by Crippen LogP contribution is 2.35. The van der Waals surface area contributed by atoms with Crippen LogP contribution in [0.1, 0.15) is 30.2 Å². The Morgan fingerprint density at radius 3 is 2.68 bits per heavy atom. The molecule has 1 atom stereocenters. The number of thiophene rings is 1. The highest BCUT2D eigenvalue weighted by Gasteiger charge is 2.24. The molecule has 0 bridgehead atoms. The number of hydrogen-bond donors (Lipinski definition) is 1. The van der Waals surface area contributed by atoms with Crippen molar-refractivity contribution in [3.63, 3.8) is 0 Å². The Bertz CT molecular complexity index is 1100. The number of fused-ring (bicyclic) bond motifs is 3. The van der Waals surface area contributed by atoms with Gasteiger partial charge in [0, 0.05) is 4.88 Å². The normalized spacial score (nSPS) is 14.6. The van der Waals surface area contributed by atoms with E-state index in [0.717, 1.165) is 36.1 Å². The summed E-state index contributed by atoms with van der Waals surface area (Å²) < 4.78 is 6.82. The molecule has 2 N–H and O–H groups in total. The monoisotopic (exact) mass is 415 g/mol. The van der Waals surface area contributed by atoms with E-state index in [1.807, 2.05) is 12.1 Å². The maximum Gasteiger partial charge on any atom is 0.267 e. The maximum atomic E-state index is 13.6. The number of primary amides is 1. The first-order valence-corrected chi connectivity index (χ1v) is 10.9. The molecule has 146 valence electrons. The van der Waals surface area contributed by atoms with E-state index >= 15 is 0 Å². The topological polar surface area (TPSA) is 87.2 Å². The van der Waals surface area contributed by atoms with Crippen LogP contribution in [0.4, 0.5) is 0 Å². The maximum absolute atomic E-state index is 13.6. The molecule has 1 amide bonds. The number of rotatable bonds is 5. The first-order valence-electron chi connectivity index (χ1n) is 9.17. The van der Waals surface area contributed by atoms with Gasteiger partial charge in [-0.15, -0.1) is 11.3 Å². The SMILES string of the molecule is COc1ccc(-n2c(S[C@@H](C)C(N)=O)nc3sc4c(c3c2=O)CCCC4)cc1. The zero-order valence-corrected chi connectivity index (χ0v) is 17.4. The molecule has 2 aromatic heterocycles. The molecular formula is C20H21N3O3S2. The van der Waals surface area contributed by atoms with Crippen LogP contribution in [0.5, 0.6) is 5.75 Å². The van der Waals surface area contributed by atoms with Crippen LogP contribution in [0, 0.1) is 0 Å². The Balaban J connectivity index is 1.96. The molecule has 0 saturated carbocycles. The molecule has 1 aliphatic rings. The van der Waals surface area contributed by atoms with Crippen LogP contribution in [-0.4, -0.2) is 27.8 Å². The Labute approximate surface area is 170 Å². The number of aromatic nitrogens is 2. The van der Waals surface area contributed by atoms with E-state index in [-0.39, 0.29) is 5.56 Å². The lowest BCUT2D eigenvalue weighted by Crippen LogP contribution is -2.26. The molecule has 0 unspecified atom stereocenters. The van der Waals surface area contributed by atoms with E-state index in [4.69, 9.17) is 15.5 Å². The summed E-state index contributed by atoms with van der Waals surface area (Å²) in [5.74, 6) is 0.268. The molecule has 1 aliphatic carbocycles. The van der Waals surface area contributed by atoms with Gasteiger partial charge < -0.3 is 10.5 Å². The van der Waals surface area contributed by atoms with Gasteiger partial charge in [-0.2, -0.15) is 0 Å². The van der Waals surface area contributed by atoms with Crippen molar-refractivity contribution >= 4 is 39.2 Å². The van der Waals surface area contributed by atoms with E-state index in [2.05, 4.69) is 0 Å². The van der Waals surface area contributed by atoms with Gasteiger partial charge in [-0.05, 0) is 62.4 Å². The van der Waals surface area contributed by atoms with E-state index < -0.39 is 11.2 Å². The molecule has 3 aromatic rings. The predicted octanol–water partition coefficient (Wildman–Crippen LogP) is 3.30. The van der Waals surface area contributed by atoms with Crippen LogP contribution in [0.15, 0.2) is 34.2 Å². The molecule has 1 aromatic carbocycles. The number of thioether (sulfide) groups is 1. The molecule has 4 rings (SSSR count). The minimum Gasteiger partial charge on any atom is -0.497 e. The summed E-state index contributed by atoms with van der Waals surface area (Å²) in [7, 11) is 1.60. The van der Waals surface area contributed by atoms with E-state index in [9.17, 15) is 9.59 Å². The Kier molecular flexibility index (Phi) is 5.16. The summed E-state index contributed by atoms with van der Waals surface area (Å²) in [5, 5.41) is 0.697. The van der Waals surface area contributed by atoms with Crippen LogP contribution in [0.3, 0.4) is 0 Å². The number of amides is 1. The van der Waals surface area contributed by atoms with Crippen molar-refractivity contribution in [1.29, 1.82) is 0 Å². The van der Waals surface area contributed by atoms with E-state index in [1.54, 1.807) is 42.1 Å². The summed E-state index contributed by atoms with van der Waals surface area (Å²) in [4.78, 5) is 32.0. The second-order valence-electron chi connectivity index (χ2n) is 6.79. The molecular weight excluding hydrogens is 394 g/mol. The molecule has 6 nitrogen and oxygen atoms in total. The van der Waals surface area contributed by atoms with Crippen molar-refractivity contribution in [2.24, 2.45) is 5.73 Å². The number of ether oxygens (including phenoxy) is 1. The Morgan fingerprint density at radius 2 is 2.00 bits per heavy atom. The lowest BCUT2D eigenvalue weighted by molar-refractivity contribution is -0.117. The van der Waals surface area contributed by atoms with Gasteiger partial charge in [-0.3, -0.25) is 14.2 Å². The minimum atomic E-state index is -0.497. The molecule has 28 heavy (non-hydrogen) atoms. The minimum absolute atomic E-state index is 0.0891. The van der Waals surface area contributed by atoms with Gasteiger partial charge >= 0.3 is 0 Å². The summed E-state index contributed by atoms with van der Waals surface area (Å²) in [5.41, 5.74) is 7.20. The van der Waals surface area contributed by atoms with Gasteiger partial charge in [0.25, 0.3) is 5.56 Å². The molecule has 8 heteroatoms. The average molecular weight is 416 g/mol. The number of hydrogen-bond acceptors (Lipinski definition) is 6. The van der Waals surface area contributed by atoms with Crippen molar-refractivity contribution in [2.75, 3.05) is 7.11 Å². The number of aryl methyl sites for hydroxylation is 2. The van der Waals surface area contributed by atoms with Gasteiger partial charge in [0.05, 0.1) is 23.4 Å². The Morgan fingerprint density at radius 1 is 1.29 bits per heavy atom. The van der Waals surface area contributed by atoms with Gasteiger partial charge in [-0.25, -0.2) is 4.98 Å². The summed E-state index contributed by atoms with van der Waals surface area (Å²) >= 11 is 2.81. The zero-order chi connectivity index (χ0) is 19.8. The van der Waals surface area contributed by atoms with Crippen molar-refractivity contribution in [3.8, 4) is 11.4 Å². The standard InChI is InChI=1S/C20H21N3O3S2/c1-11(17(21)24)27-20-22-18-16(14-5-3-4-6-15(14)28-18)19(25)23(20)12-7-9-13(26-2)10-8-12/h7-11H,3-6H2,1-2H3,(H2,21,24)/t11-/m0/s1. The van der Waals surface area contributed by atoms with E-state index in [1.165, 1.54) is 16.6 Å². The quantitative estimate of drug-likeness (QED) is 0.510. The fourth-order valence-electron chi connectivity index (χ4n) is 3.44. The lowest BCUT2D eigenvalue weighted by Gasteiger charge is -2.15. The Hall–Kier alpha value is -2.32. The summed E-state index contributed by atoms with van der Waals surface area (Å²) in [6.07, 6.45) is 4.15. The highest BCUT2D eigenvalue weighted by molar-refractivity contribution is 8.00. The van der Waals surface area contributed by atoms with Gasteiger partial charge in [0.1, 0.15) is 10.6 Å². The summed E-state index contributed by atoms with van der Waals surface area (Å²) in [6, 6.07) is 7.26. The lowest BCUT2D eigenvalue weighted by atomic mass is 9.97. The largest absolute Gasteiger partial charge is 0.497 e. The van der Waals surface area contributed by atoms with Crippen molar-refractivity contribution in [1.82, 2.24) is 9.55 Å². The molecule has 0 saturated heterocycles. The van der Waals surface area contributed by atoms with Crippen LogP contribution < -0.4 is 16.0 Å². The fraction of sp³-hybridized carbons (Fsp3) is 0.350. The molecule has 0 radical (unpaired) electrons. The molecule has 0 spiro atoms. The second kappa shape index (κ2) is 7.60. The smallest absolute Gasteiger partial charge is 0.267 e. The molecule has 0 aliphatic heterocycles. The third kappa shape index (κ3) is 3.31. The predicted molar refractivity (Wildman–Crippen MR) is 113 cm³/mol. The molecule has 0 fully saturated rings. The number of nitrogens with two attached hydrogens (primary N) is 1.